The molecule has 0 unspecified atom stereocenters. The van der Waals surface area contributed by atoms with Crippen molar-refractivity contribution < 1.29 is 14.6 Å². The lowest BCUT2D eigenvalue weighted by molar-refractivity contribution is -0.131. The van der Waals surface area contributed by atoms with Crippen LogP contribution < -0.4 is 4.74 Å². The molecule has 0 atom stereocenters. The van der Waals surface area contributed by atoms with Crippen LogP contribution in [-0.4, -0.2) is 11.1 Å². The summed E-state index contributed by atoms with van der Waals surface area (Å²) in [5.74, 6) is -0.160. The van der Waals surface area contributed by atoms with Crippen LogP contribution in [0.3, 0.4) is 0 Å². The number of benzene rings is 2. The summed E-state index contributed by atoms with van der Waals surface area (Å²) >= 11 is 0. The largest absolute Gasteiger partial charge is 0.489 e. The number of rotatable bonds is 5. The summed E-state index contributed by atoms with van der Waals surface area (Å²) in [6.07, 6.45) is 2.71. The molecule has 0 aliphatic heterocycles. The third-order valence-electron chi connectivity index (χ3n) is 2.88. The van der Waals surface area contributed by atoms with Gasteiger partial charge < -0.3 is 9.84 Å². The molecule has 0 spiro atoms. The molecular formula is C17H16O3. The third-order valence-corrected chi connectivity index (χ3v) is 2.88. The molecule has 0 heterocycles. The van der Waals surface area contributed by atoms with E-state index in [0.29, 0.717) is 6.61 Å². The van der Waals surface area contributed by atoms with Gasteiger partial charge in [0.05, 0.1) is 0 Å². The quantitative estimate of drug-likeness (QED) is 0.841. The summed E-state index contributed by atoms with van der Waals surface area (Å²) in [6, 6.07) is 15.4. The molecule has 2 rings (SSSR count). The van der Waals surface area contributed by atoms with E-state index in [9.17, 15) is 4.79 Å². The van der Waals surface area contributed by atoms with Crippen LogP contribution in [-0.2, 0) is 11.4 Å². The molecule has 2 aromatic carbocycles. The predicted octanol–water partition coefficient (Wildman–Crippen LogP) is 3.67. The van der Waals surface area contributed by atoms with E-state index in [1.54, 1.807) is 6.08 Å². The number of hydrogen-bond acceptors (Lipinski definition) is 2. The Morgan fingerprint density at radius 1 is 1.15 bits per heavy atom. The maximum Gasteiger partial charge on any atom is 0.328 e. The van der Waals surface area contributed by atoms with Crippen molar-refractivity contribution in [3.8, 4) is 5.75 Å². The first-order chi connectivity index (χ1) is 9.65. The molecule has 1 N–H and O–H groups in total. The molecule has 0 aliphatic carbocycles. The Bertz CT molecular complexity index is 612. The molecule has 2 aromatic rings. The minimum atomic E-state index is -0.959. The van der Waals surface area contributed by atoms with Crippen molar-refractivity contribution in [2.45, 2.75) is 13.5 Å². The van der Waals surface area contributed by atoms with Crippen molar-refractivity contribution >= 4 is 12.0 Å². The molecule has 0 radical (unpaired) electrons. The van der Waals surface area contributed by atoms with Crippen LogP contribution in [0, 0.1) is 6.92 Å². The van der Waals surface area contributed by atoms with E-state index < -0.39 is 5.97 Å². The molecule has 102 valence electrons. The van der Waals surface area contributed by atoms with Gasteiger partial charge in [-0.3, -0.25) is 0 Å². The Balaban J connectivity index is 2.09. The second-order valence-corrected chi connectivity index (χ2v) is 4.47. The SMILES string of the molecule is Cc1ccc(OCc2ccccc2C=CC(=O)O)cc1. The zero-order valence-corrected chi connectivity index (χ0v) is 11.2. The molecule has 3 heteroatoms. The summed E-state index contributed by atoms with van der Waals surface area (Å²) in [4.78, 5) is 10.6. The summed E-state index contributed by atoms with van der Waals surface area (Å²) in [7, 11) is 0. The van der Waals surface area contributed by atoms with Crippen molar-refractivity contribution in [1.29, 1.82) is 0 Å². The number of hydrogen-bond donors (Lipinski definition) is 1. The highest BCUT2D eigenvalue weighted by molar-refractivity contribution is 5.85. The lowest BCUT2D eigenvalue weighted by atomic mass is 10.1. The zero-order valence-electron chi connectivity index (χ0n) is 11.2. The van der Waals surface area contributed by atoms with Crippen LogP contribution in [0.15, 0.2) is 54.6 Å². The third kappa shape index (κ3) is 3.99. The molecule has 0 bridgehead atoms. The van der Waals surface area contributed by atoms with Crippen LogP contribution in [0.5, 0.6) is 5.75 Å². The molecule has 0 saturated carbocycles. The van der Waals surface area contributed by atoms with Crippen LogP contribution in [0.1, 0.15) is 16.7 Å². The van der Waals surface area contributed by atoms with Gasteiger partial charge in [0.25, 0.3) is 0 Å². The van der Waals surface area contributed by atoms with E-state index in [0.717, 1.165) is 23.0 Å². The number of carboxylic acid groups (broad SMARTS) is 1. The lowest BCUT2D eigenvalue weighted by Gasteiger charge is -2.09. The molecule has 0 saturated heterocycles. The highest BCUT2D eigenvalue weighted by atomic mass is 16.5. The first-order valence-electron chi connectivity index (χ1n) is 6.33. The van der Waals surface area contributed by atoms with Gasteiger partial charge in [0.1, 0.15) is 12.4 Å². The van der Waals surface area contributed by atoms with E-state index in [1.807, 2.05) is 55.5 Å². The van der Waals surface area contributed by atoms with Crippen molar-refractivity contribution in [2.24, 2.45) is 0 Å². The van der Waals surface area contributed by atoms with Gasteiger partial charge in [0.15, 0.2) is 0 Å². The first-order valence-corrected chi connectivity index (χ1v) is 6.33. The highest BCUT2D eigenvalue weighted by Gasteiger charge is 2.01. The average Bonchev–Trinajstić information content (AvgIpc) is 2.45. The van der Waals surface area contributed by atoms with E-state index in [4.69, 9.17) is 9.84 Å². The fraction of sp³-hybridized carbons (Fsp3) is 0.118. The molecule has 3 nitrogen and oxygen atoms in total. The van der Waals surface area contributed by atoms with Gasteiger partial charge >= 0.3 is 5.97 Å². The lowest BCUT2D eigenvalue weighted by Crippen LogP contribution is -1.98. The van der Waals surface area contributed by atoms with Gasteiger partial charge in [-0.2, -0.15) is 0 Å². The van der Waals surface area contributed by atoms with E-state index >= 15 is 0 Å². The number of aryl methyl sites for hydroxylation is 1. The fourth-order valence-corrected chi connectivity index (χ4v) is 1.78. The topological polar surface area (TPSA) is 46.5 Å². The van der Waals surface area contributed by atoms with Crippen molar-refractivity contribution in [2.75, 3.05) is 0 Å². The van der Waals surface area contributed by atoms with E-state index in [1.165, 1.54) is 5.56 Å². The monoisotopic (exact) mass is 268 g/mol. The second kappa shape index (κ2) is 6.57. The molecule has 20 heavy (non-hydrogen) atoms. The van der Waals surface area contributed by atoms with Crippen molar-refractivity contribution in [3.05, 3.63) is 71.3 Å². The summed E-state index contributed by atoms with van der Waals surface area (Å²) < 4.78 is 5.71. The first kappa shape index (κ1) is 13.9. The Labute approximate surface area is 118 Å². The highest BCUT2D eigenvalue weighted by Crippen LogP contribution is 2.16. The predicted molar refractivity (Wildman–Crippen MR) is 78.6 cm³/mol. The molecular weight excluding hydrogens is 252 g/mol. The minimum Gasteiger partial charge on any atom is -0.489 e. The fourth-order valence-electron chi connectivity index (χ4n) is 1.78. The van der Waals surface area contributed by atoms with Gasteiger partial charge in [-0.1, -0.05) is 42.0 Å². The second-order valence-electron chi connectivity index (χ2n) is 4.47. The maximum absolute atomic E-state index is 10.6. The van der Waals surface area contributed by atoms with Gasteiger partial charge in [-0.05, 0) is 36.3 Å². The maximum atomic E-state index is 10.6. The van der Waals surface area contributed by atoms with Gasteiger partial charge in [0, 0.05) is 6.08 Å². The standard InChI is InChI=1S/C17H16O3/c1-13-6-9-16(10-7-13)20-12-15-5-3-2-4-14(15)8-11-17(18)19/h2-11H,12H2,1H3,(H,18,19). The summed E-state index contributed by atoms with van der Waals surface area (Å²) in [5.41, 5.74) is 2.98. The normalized spacial score (nSPS) is 10.7. The van der Waals surface area contributed by atoms with Crippen LogP contribution in [0.4, 0.5) is 0 Å². The number of carbonyl (C=O) groups is 1. The molecule has 0 aromatic heterocycles. The van der Waals surface area contributed by atoms with Gasteiger partial charge in [0.2, 0.25) is 0 Å². The van der Waals surface area contributed by atoms with Gasteiger partial charge in [-0.25, -0.2) is 4.79 Å². The van der Waals surface area contributed by atoms with Crippen LogP contribution >= 0.6 is 0 Å². The van der Waals surface area contributed by atoms with Crippen LogP contribution in [0.2, 0.25) is 0 Å². The number of aliphatic carboxylic acids is 1. The Kier molecular flexibility index (Phi) is 4.56. The summed E-state index contributed by atoms with van der Waals surface area (Å²) in [6.45, 7) is 2.43. The molecule has 0 fully saturated rings. The average molecular weight is 268 g/mol. The van der Waals surface area contributed by atoms with Crippen molar-refractivity contribution in [3.63, 3.8) is 0 Å². The van der Waals surface area contributed by atoms with E-state index in [2.05, 4.69) is 0 Å². The Hall–Kier alpha value is -2.55. The van der Waals surface area contributed by atoms with Crippen LogP contribution in [0.25, 0.3) is 6.08 Å². The number of ether oxygens (including phenoxy) is 1. The summed E-state index contributed by atoms with van der Waals surface area (Å²) in [5, 5.41) is 8.68. The van der Waals surface area contributed by atoms with Crippen molar-refractivity contribution in [1.82, 2.24) is 0 Å². The molecule has 0 amide bonds. The Morgan fingerprint density at radius 3 is 2.55 bits per heavy atom. The van der Waals surface area contributed by atoms with E-state index in [-0.39, 0.29) is 0 Å². The molecule has 0 aliphatic rings. The smallest absolute Gasteiger partial charge is 0.328 e. The van der Waals surface area contributed by atoms with Gasteiger partial charge in [-0.15, -0.1) is 0 Å². The minimum absolute atomic E-state index is 0.406. The number of carboxylic acids is 1. The zero-order chi connectivity index (χ0) is 14.4. The Morgan fingerprint density at radius 2 is 1.85 bits per heavy atom.